The molecular weight excluding hydrogens is 342 g/mol. The summed E-state index contributed by atoms with van der Waals surface area (Å²) in [5.74, 6) is 0.371. The van der Waals surface area contributed by atoms with Crippen LogP contribution >= 0.6 is 23.1 Å². The Bertz CT molecular complexity index is 653. The number of nitrogens with one attached hydrogen (secondary N) is 1. The Hall–Kier alpha value is -1.79. The molecular formula is C18H21NO3S2. The molecule has 1 atom stereocenters. The molecule has 0 aliphatic heterocycles. The van der Waals surface area contributed by atoms with Gasteiger partial charge in [0.15, 0.2) is 6.10 Å². The topological polar surface area (TPSA) is 55.4 Å². The molecule has 0 fully saturated rings. The summed E-state index contributed by atoms with van der Waals surface area (Å²) in [5, 5.41) is 4.79. The molecule has 0 aliphatic carbocycles. The van der Waals surface area contributed by atoms with Gasteiger partial charge in [-0.2, -0.15) is 0 Å². The number of carbonyl (C=O) groups is 2. The zero-order chi connectivity index (χ0) is 17.4. The lowest BCUT2D eigenvalue weighted by atomic mass is 10.1. The Morgan fingerprint density at radius 2 is 2.00 bits per heavy atom. The monoisotopic (exact) mass is 363 g/mol. The molecule has 0 saturated heterocycles. The minimum absolute atomic E-state index is 0.244. The van der Waals surface area contributed by atoms with E-state index in [2.05, 4.69) is 5.32 Å². The fraction of sp³-hybridized carbons (Fsp3) is 0.333. The number of hydrogen-bond donors (Lipinski definition) is 1. The van der Waals surface area contributed by atoms with Gasteiger partial charge in [0.05, 0.1) is 5.75 Å². The molecule has 24 heavy (non-hydrogen) atoms. The number of rotatable bonds is 8. The SMILES string of the molecule is Cc1ccc(CNC(=O)[C@H](C)OC(=O)CSCc2cccs2)cc1. The summed E-state index contributed by atoms with van der Waals surface area (Å²) in [6, 6.07) is 11.9. The number of thiophene rings is 1. The number of thioether (sulfide) groups is 1. The molecule has 1 aromatic carbocycles. The van der Waals surface area contributed by atoms with E-state index in [-0.39, 0.29) is 17.6 Å². The smallest absolute Gasteiger partial charge is 0.316 e. The second-order valence-corrected chi connectivity index (χ2v) is 7.43. The van der Waals surface area contributed by atoms with E-state index < -0.39 is 6.10 Å². The summed E-state index contributed by atoms with van der Waals surface area (Å²) in [5.41, 5.74) is 2.19. The Balaban J connectivity index is 1.66. The summed E-state index contributed by atoms with van der Waals surface area (Å²) in [6.07, 6.45) is -0.787. The third-order valence-electron chi connectivity index (χ3n) is 3.31. The van der Waals surface area contributed by atoms with Crippen LogP contribution in [0.5, 0.6) is 0 Å². The first-order valence-corrected chi connectivity index (χ1v) is 9.71. The van der Waals surface area contributed by atoms with Gasteiger partial charge in [-0.3, -0.25) is 9.59 Å². The number of ether oxygens (including phenoxy) is 1. The van der Waals surface area contributed by atoms with Crippen LogP contribution in [0.3, 0.4) is 0 Å². The standard InChI is InChI=1S/C18H21NO3S2/c1-13-5-7-15(8-6-13)10-19-18(21)14(2)22-17(20)12-23-11-16-4-3-9-24-16/h3-9,14H,10-12H2,1-2H3,(H,19,21)/t14-/m0/s1. The van der Waals surface area contributed by atoms with Crippen molar-refractivity contribution in [2.24, 2.45) is 0 Å². The lowest BCUT2D eigenvalue weighted by molar-refractivity contribution is -0.152. The highest BCUT2D eigenvalue weighted by Gasteiger charge is 2.17. The average Bonchev–Trinajstić information content (AvgIpc) is 3.07. The first kappa shape index (κ1) is 18.5. The van der Waals surface area contributed by atoms with E-state index >= 15 is 0 Å². The van der Waals surface area contributed by atoms with Crippen molar-refractivity contribution >= 4 is 35.0 Å². The minimum Gasteiger partial charge on any atom is -0.452 e. The fourth-order valence-corrected chi connectivity index (χ4v) is 3.60. The highest BCUT2D eigenvalue weighted by Crippen LogP contribution is 2.17. The molecule has 1 N–H and O–H groups in total. The molecule has 6 heteroatoms. The van der Waals surface area contributed by atoms with Crippen molar-refractivity contribution in [3.8, 4) is 0 Å². The van der Waals surface area contributed by atoms with Gasteiger partial charge in [0.1, 0.15) is 0 Å². The van der Waals surface area contributed by atoms with Crippen LogP contribution in [-0.4, -0.2) is 23.7 Å². The van der Waals surface area contributed by atoms with Crippen LogP contribution in [0.15, 0.2) is 41.8 Å². The van der Waals surface area contributed by atoms with Crippen molar-refractivity contribution in [3.63, 3.8) is 0 Å². The van der Waals surface area contributed by atoms with Gasteiger partial charge >= 0.3 is 5.97 Å². The third kappa shape index (κ3) is 6.37. The van der Waals surface area contributed by atoms with Crippen LogP contribution in [0.1, 0.15) is 22.9 Å². The van der Waals surface area contributed by atoms with Crippen molar-refractivity contribution < 1.29 is 14.3 Å². The van der Waals surface area contributed by atoms with E-state index in [1.165, 1.54) is 22.2 Å². The first-order valence-electron chi connectivity index (χ1n) is 7.67. The van der Waals surface area contributed by atoms with Gasteiger partial charge in [0.25, 0.3) is 5.91 Å². The first-order chi connectivity index (χ1) is 11.5. The predicted molar refractivity (Wildman–Crippen MR) is 99.1 cm³/mol. The summed E-state index contributed by atoms with van der Waals surface area (Å²) in [6.45, 7) is 4.03. The maximum absolute atomic E-state index is 12.0. The number of aryl methyl sites for hydroxylation is 1. The Morgan fingerprint density at radius 3 is 2.67 bits per heavy atom. The number of hydrogen-bond acceptors (Lipinski definition) is 5. The third-order valence-corrected chi connectivity index (χ3v) is 5.32. The zero-order valence-corrected chi connectivity index (χ0v) is 15.4. The summed E-state index contributed by atoms with van der Waals surface area (Å²) in [7, 11) is 0. The van der Waals surface area contributed by atoms with Gasteiger partial charge in [-0.05, 0) is 30.9 Å². The molecule has 0 unspecified atom stereocenters. The molecule has 1 amide bonds. The quantitative estimate of drug-likeness (QED) is 0.729. The molecule has 2 aromatic rings. The maximum atomic E-state index is 12.0. The largest absolute Gasteiger partial charge is 0.452 e. The van der Waals surface area contributed by atoms with Gasteiger partial charge in [0.2, 0.25) is 0 Å². The Labute approximate surface area is 150 Å². The zero-order valence-electron chi connectivity index (χ0n) is 13.8. The summed E-state index contributed by atoms with van der Waals surface area (Å²) < 4.78 is 5.17. The van der Waals surface area contributed by atoms with Crippen LogP contribution in [0.25, 0.3) is 0 Å². The second-order valence-electron chi connectivity index (χ2n) is 5.41. The minimum atomic E-state index is -0.787. The molecule has 1 aromatic heterocycles. The van der Waals surface area contributed by atoms with Crippen LogP contribution in [0, 0.1) is 6.92 Å². The Morgan fingerprint density at radius 1 is 1.25 bits per heavy atom. The van der Waals surface area contributed by atoms with Gasteiger partial charge in [-0.15, -0.1) is 23.1 Å². The van der Waals surface area contributed by atoms with E-state index in [1.54, 1.807) is 18.3 Å². The number of carbonyl (C=O) groups excluding carboxylic acids is 2. The molecule has 0 saturated carbocycles. The maximum Gasteiger partial charge on any atom is 0.316 e. The molecule has 1 heterocycles. The van der Waals surface area contributed by atoms with Crippen LogP contribution in [0.2, 0.25) is 0 Å². The van der Waals surface area contributed by atoms with E-state index in [1.807, 2.05) is 48.7 Å². The second kappa shape index (κ2) is 9.49. The summed E-state index contributed by atoms with van der Waals surface area (Å²) in [4.78, 5) is 25.0. The normalized spacial score (nSPS) is 11.8. The van der Waals surface area contributed by atoms with Crippen molar-refractivity contribution in [2.75, 3.05) is 5.75 Å². The predicted octanol–water partition coefficient (Wildman–Crippen LogP) is 3.54. The van der Waals surface area contributed by atoms with Gasteiger partial charge in [0, 0.05) is 17.2 Å². The van der Waals surface area contributed by atoms with Gasteiger partial charge in [-0.1, -0.05) is 35.9 Å². The van der Waals surface area contributed by atoms with E-state index in [4.69, 9.17) is 4.74 Å². The van der Waals surface area contributed by atoms with Crippen molar-refractivity contribution in [2.45, 2.75) is 32.2 Å². The van der Waals surface area contributed by atoms with Gasteiger partial charge < -0.3 is 10.1 Å². The van der Waals surface area contributed by atoms with Crippen LogP contribution < -0.4 is 5.32 Å². The fourth-order valence-electron chi connectivity index (χ4n) is 1.95. The molecule has 4 nitrogen and oxygen atoms in total. The van der Waals surface area contributed by atoms with Crippen LogP contribution in [-0.2, 0) is 26.6 Å². The number of benzene rings is 1. The van der Waals surface area contributed by atoms with Crippen LogP contribution in [0.4, 0.5) is 0 Å². The van der Waals surface area contributed by atoms with E-state index in [0.29, 0.717) is 6.54 Å². The lowest BCUT2D eigenvalue weighted by Gasteiger charge is -2.13. The van der Waals surface area contributed by atoms with Crippen molar-refractivity contribution in [1.82, 2.24) is 5.32 Å². The molecule has 0 aliphatic rings. The van der Waals surface area contributed by atoms with Gasteiger partial charge in [-0.25, -0.2) is 0 Å². The highest BCUT2D eigenvalue weighted by atomic mass is 32.2. The summed E-state index contributed by atoms with van der Waals surface area (Å²) >= 11 is 3.15. The molecule has 0 radical (unpaired) electrons. The molecule has 128 valence electrons. The van der Waals surface area contributed by atoms with Crippen molar-refractivity contribution in [3.05, 3.63) is 57.8 Å². The number of amides is 1. The Kier molecular flexibility index (Phi) is 7.34. The number of esters is 1. The van der Waals surface area contributed by atoms with E-state index in [9.17, 15) is 9.59 Å². The molecule has 0 spiro atoms. The molecule has 2 rings (SSSR count). The van der Waals surface area contributed by atoms with E-state index in [0.717, 1.165) is 11.3 Å². The lowest BCUT2D eigenvalue weighted by Crippen LogP contribution is -2.35. The highest BCUT2D eigenvalue weighted by molar-refractivity contribution is 7.99. The molecule has 0 bridgehead atoms. The van der Waals surface area contributed by atoms with Crippen molar-refractivity contribution in [1.29, 1.82) is 0 Å². The average molecular weight is 364 g/mol.